The highest BCUT2D eigenvalue weighted by Crippen LogP contribution is 2.31. The lowest BCUT2D eigenvalue weighted by atomic mass is 10.1. The topological polar surface area (TPSA) is 62.3 Å². The minimum atomic E-state index is -0.157. The Morgan fingerprint density at radius 2 is 1.78 bits per heavy atom. The lowest BCUT2D eigenvalue weighted by Gasteiger charge is -2.20. The minimum absolute atomic E-state index is 0.0539. The zero-order chi connectivity index (χ0) is 18.8. The van der Waals surface area contributed by atoms with Crippen LogP contribution >= 0.6 is 11.3 Å². The molecule has 3 aromatic rings. The van der Waals surface area contributed by atoms with Crippen LogP contribution in [0.1, 0.15) is 28.9 Å². The first kappa shape index (κ1) is 17.4. The maximum absolute atomic E-state index is 13.2. The van der Waals surface area contributed by atoms with Gasteiger partial charge in [-0.15, -0.1) is 11.3 Å². The molecule has 27 heavy (non-hydrogen) atoms. The number of para-hydroxylation sites is 1. The zero-order valence-electron chi connectivity index (χ0n) is 14.9. The molecule has 0 bridgehead atoms. The van der Waals surface area contributed by atoms with E-state index in [1.54, 1.807) is 29.2 Å². The van der Waals surface area contributed by atoms with E-state index in [-0.39, 0.29) is 17.7 Å². The second-order valence-electron chi connectivity index (χ2n) is 6.59. The molecule has 0 atom stereocenters. The smallest absolute Gasteiger partial charge is 0.264 e. The number of anilines is 3. The van der Waals surface area contributed by atoms with Crippen molar-refractivity contribution in [1.82, 2.24) is 4.98 Å². The van der Waals surface area contributed by atoms with Crippen LogP contribution in [0.25, 0.3) is 0 Å². The predicted molar refractivity (Wildman–Crippen MR) is 108 cm³/mol. The molecule has 5 nitrogen and oxygen atoms in total. The van der Waals surface area contributed by atoms with Crippen LogP contribution in [-0.4, -0.2) is 16.8 Å². The van der Waals surface area contributed by atoms with E-state index in [0.717, 1.165) is 24.2 Å². The molecule has 0 aliphatic heterocycles. The number of carbonyl (C=O) groups excluding carboxylic acids is 2. The highest BCUT2D eigenvalue weighted by molar-refractivity contribution is 7.14. The zero-order valence-corrected chi connectivity index (χ0v) is 15.7. The molecular formula is C21H19N3O2S. The van der Waals surface area contributed by atoms with E-state index >= 15 is 0 Å². The van der Waals surface area contributed by atoms with Crippen LogP contribution < -0.4 is 10.2 Å². The monoisotopic (exact) mass is 377 g/mol. The molecule has 1 N–H and O–H groups in total. The Balaban J connectivity index is 1.60. The van der Waals surface area contributed by atoms with Crippen molar-refractivity contribution in [2.45, 2.75) is 19.8 Å². The molecule has 0 saturated heterocycles. The summed E-state index contributed by atoms with van der Waals surface area (Å²) in [4.78, 5) is 31.2. The van der Waals surface area contributed by atoms with Gasteiger partial charge < -0.3 is 5.32 Å². The lowest BCUT2D eigenvalue weighted by molar-refractivity contribution is -0.117. The van der Waals surface area contributed by atoms with Crippen LogP contribution in [0.3, 0.4) is 0 Å². The highest BCUT2D eigenvalue weighted by atomic mass is 32.1. The molecule has 1 aliphatic rings. The molecule has 1 heterocycles. The number of rotatable bonds is 5. The number of aryl methyl sites for hydroxylation is 1. The Morgan fingerprint density at radius 3 is 2.37 bits per heavy atom. The maximum Gasteiger partial charge on any atom is 0.264 e. The summed E-state index contributed by atoms with van der Waals surface area (Å²) < 4.78 is 0. The van der Waals surface area contributed by atoms with Gasteiger partial charge >= 0.3 is 0 Å². The van der Waals surface area contributed by atoms with E-state index in [4.69, 9.17) is 0 Å². The van der Waals surface area contributed by atoms with Crippen LogP contribution in [0, 0.1) is 12.8 Å². The molecule has 0 unspecified atom stereocenters. The summed E-state index contributed by atoms with van der Waals surface area (Å²) in [5.41, 5.74) is 2.89. The summed E-state index contributed by atoms with van der Waals surface area (Å²) >= 11 is 1.43. The minimum Gasteiger partial charge on any atom is -0.326 e. The van der Waals surface area contributed by atoms with E-state index in [9.17, 15) is 9.59 Å². The summed E-state index contributed by atoms with van der Waals surface area (Å²) in [6.07, 6.45) is 1.92. The fraction of sp³-hybridized carbons (Fsp3) is 0.190. The molecule has 1 fully saturated rings. The molecule has 1 aliphatic carbocycles. The van der Waals surface area contributed by atoms with Crippen molar-refractivity contribution in [3.8, 4) is 0 Å². The van der Waals surface area contributed by atoms with E-state index in [2.05, 4.69) is 10.3 Å². The molecule has 1 aromatic heterocycles. The van der Waals surface area contributed by atoms with Crippen LogP contribution in [0.4, 0.5) is 16.5 Å². The quantitative estimate of drug-likeness (QED) is 0.696. The second-order valence-corrected chi connectivity index (χ2v) is 7.43. The third kappa shape index (κ3) is 3.90. The van der Waals surface area contributed by atoms with Crippen molar-refractivity contribution in [1.29, 1.82) is 0 Å². The Bertz CT molecular complexity index is 963. The van der Waals surface area contributed by atoms with Crippen LogP contribution in [0.5, 0.6) is 0 Å². The van der Waals surface area contributed by atoms with Crippen LogP contribution in [-0.2, 0) is 4.79 Å². The Labute approximate surface area is 161 Å². The van der Waals surface area contributed by atoms with E-state index in [1.165, 1.54) is 11.3 Å². The van der Waals surface area contributed by atoms with Gasteiger partial charge in [0.05, 0.1) is 11.4 Å². The van der Waals surface area contributed by atoms with Gasteiger partial charge in [-0.3, -0.25) is 14.5 Å². The number of nitrogens with zero attached hydrogens (tertiary/aromatic N) is 2. The van der Waals surface area contributed by atoms with Gasteiger partial charge in [0.1, 0.15) is 0 Å². The van der Waals surface area contributed by atoms with Crippen molar-refractivity contribution in [3.63, 3.8) is 0 Å². The van der Waals surface area contributed by atoms with Crippen molar-refractivity contribution >= 4 is 39.7 Å². The second kappa shape index (κ2) is 7.32. The Morgan fingerprint density at radius 1 is 1.07 bits per heavy atom. The average molecular weight is 377 g/mol. The fourth-order valence-corrected chi connectivity index (χ4v) is 3.57. The molecule has 4 rings (SSSR count). The lowest BCUT2D eigenvalue weighted by Crippen LogP contribution is -2.25. The van der Waals surface area contributed by atoms with Gasteiger partial charge in [-0.05, 0) is 56.2 Å². The first-order chi connectivity index (χ1) is 13.1. The van der Waals surface area contributed by atoms with Gasteiger partial charge in [0, 0.05) is 22.5 Å². The number of thiazole rings is 1. The SMILES string of the molecule is Cc1csc(N(C(=O)c2ccc(NC(=O)C3CC3)cc2)c2ccccc2)n1. The van der Waals surface area contributed by atoms with Gasteiger partial charge in [0.25, 0.3) is 5.91 Å². The molecule has 1 saturated carbocycles. The van der Waals surface area contributed by atoms with Crippen molar-refractivity contribution in [2.24, 2.45) is 5.92 Å². The molecule has 136 valence electrons. The van der Waals surface area contributed by atoms with Gasteiger partial charge in [-0.25, -0.2) is 4.98 Å². The Kier molecular flexibility index (Phi) is 4.73. The first-order valence-electron chi connectivity index (χ1n) is 8.84. The maximum atomic E-state index is 13.2. The molecule has 2 amide bonds. The van der Waals surface area contributed by atoms with Gasteiger partial charge in [-0.1, -0.05) is 18.2 Å². The van der Waals surface area contributed by atoms with E-state index in [1.807, 2.05) is 42.6 Å². The van der Waals surface area contributed by atoms with Gasteiger partial charge in [-0.2, -0.15) is 0 Å². The summed E-state index contributed by atoms with van der Waals surface area (Å²) in [5.74, 6) is 0.0434. The third-order valence-corrected chi connectivity index (χ3v) is 5.31. The number of hydrogen-bond acceptors (Lipinski definition) is 4. The third-order valence-electron chi connectivity index (χ3n) is 4.36. The summed E-state index contributed by atoms with van der Waals surface area (Å²) in [6.45, 7) is 1.91. The predicted octanol–water partition coefficient (Wildman–Crippen LogP) is 4.78. The molecule has 2 aromatic carbocycles. The van der Waals surface area contributed by atoms with Gasteiger partial charge in [0.15, 0.2) is 5.13 Å². The number of nitrogens with one attached hydrogen (secondary N) is 1. The number of amides is 2. The highest BCUT2D eigenvalue weighted by Gasteiger charge is 2.29. The largest absolute Gasteiger partial charge is 0.326 e. The number of hydrogen-bond donors (Lipinski definition) is 1. The van der Waals surface area contributed by atoms with Crippen molar-refractivity contribution in [3.05, 3.63) is 71.2 Å². The van der Waals surface area contributed by atoms with Crippen LogP contribution in [0.2, 0.25) is 0 Å². The van der Waals surface area contributed by atoms with Crippen molar-refractivity contribution in [2.75, 3.05) is 10.2 Å². The summed E-state index contributed by atoms with van der Waals surface area (Å²) in [7, 11) is 0. The molecular weight excluding hydrogens is 358 g/mol. The molecule has 6 heteroatoms. The number of aromatic nitrogens is 1. The number of carbonyl (C=O) groups is 2. The van der Waals surface area contributed by atoms with Crippen molar-refractivity contribution < 1.29 is 9.59 Å². The van der Waals surface area contributed by atoms with E-state index < -0.39 is 0 Å². The van der Waals surface area contributed by atoms with Gasteiger partial charge in [0.2, 0.25) is 5.91 Å². The van der Waals surface area contributed by atoms with Crippen LogP contribution in [0.15, 0.2) is 60.0 Å². The normalized spacial score (nSPS) is 13.2. The molecule has 0 spiro atoms. The Hall–Kier alpha value is -2.99. The summed E-state index contributed by atoms with van der Waals surface area (Å²) in [5, 5.41) is 5.45. The van der Waals surface area contributed by atoms with E-state index in [0.29, 0.717) is 16.4 Å². The first-order valence-corrected chi connectivity index (χ1v) is 9.72. The standard InChI is InChI=1S/C21H19N3O2S/c1-14-13-27-21(22-14)24(18-5-3-2-4-6-18)20(26)16-9-11-17(12-10-16)23-19(25)15-7-8-15/h2-6,9-13,15H,7-8H2,1H3,(H,23,25). The molecule has 0 radical (unpaired) electrons. The number of benzene rings is 2. The average Bonchev–Trinajstić information content (AvgIpc) is 3.46. The fourth-order valence-electron chi connectivity index (χ4n) is 2.75. The summed E-state index contributed by atoms with van der Waals surface area (Å²) in [6, 6.07) is 16.5.